The molecule has 8 heteroatoms. The number of halogens is 1. The van der Waals surface area contributed by atoms with Crippen molar-refractivity contribution in [1.82, 2.24) is 24.7 Å². The van der Waals surface area contributed by atoms with Crippen molar-refractivity contribution in [3.8, 4) is 17.4 Å². The first-order chi connectivity index (χ1) is 14.6. The van der Waals surface area contributed by atoms with Crippen LogP contribution in [-0.2, 0) is 11.2 Å². The van der Waals surface area contributed by atoms with Crippen molar-refractivity contribution in [3.63, 3.8) is 0 Å². The molecule has 2 atom stereocenters. The molecule has 3 aromatic rings. The number of aryl methyl sites for hydroxylation is 1. The summed E-state index contributed by atoms with van der Waals surface area (Å²) in [5, 5.41) is 4.86. The molecule has 0 amide bonds. The molecule has 0 N–H and O–H groups in total. The van der Waals surface area contributed by atoms with Gasteiger partial charge in [0.05, 0.1) is 19.3 Å². The Hall–Kier alpha value is -2.87. The van der Waals surface area contributed by atoms with E-state index in [1.54, 1.807) is 26.5 Å². The molecule has 2 unspecified atom stereocenters. The second-order valence-electron chi connectivity index (χ2n) is 7.94. The van der Waals surface area contributed by atoms with E-state index in [1.807, 2.05) is 17.7 Å². The largest absolute Gasteiger partial charge is 0.480 e. The van der Waals surface area contributed by atoms with Crippen molar-refractivity contribution in [2.24, 2.45) is 5.92 Å². The molecule has 0 saturated heterocycles. The van der Waals surface area contributed by atoms with E-state index in [4.69, 9.17) is 19.6 Å². The van der Waals surface area contributed by atoms with Gasteiger partial charge in [0.15, 0.2) is 11.6 Å². The predicted molar refractivity (Wildman–Crippen MR) is 108 cm³/mol. The van der Waals surface area contributed by atoms with Gasteiger partial charge in [-0.2, -0.15) is 5.10 Å². The molecule has 7 nitrogen and oxygen atoms in total. The molecule has 2 aliphatic carbocycles. The number of fused-ring (bicyclic) bond motifs is 1. The average molecular weight is 409 g/mol. The van der Waals surface area contributed by atoms with E-state index in [-0.39, 0.29) is 18.0 Å². The van der Waals surface area contributed by atoms with Crippen molar-refractivity contribution >= 4 is 0 Å². The third kappa shape index (κ3) is 3.15. The summed E-state index contributed by atoms with van der Waals surface area (Å²) in [5.74, 6) is 2.02. The van der Waals surface area contributed by atoms with Crippen LogP contribution in [0.1, 0.15) is 54.1 Å². The highest BCUT2D eigenvalue weighted by molar-refractivity contribution is 5.51. The van der Waals surface area contributed by atoms with Crippen molar-refractivity contribution in [3.05, 3.63) is 52.9 Å². The Balaban J connectivity index is 1.64. The van der Waals surface area contributed by atoms with Crippen LogP contribution in [0.4, 0.5) is 4.39 Å². The summed E-state index contributed by atoms with van der Waals surface area (Å²) in [7, 11) is 3.26. The second-order valence-corrected chi connectivity index (χ2v) is 7.94. The lowest BCUT2D eigenvalue weighted by Gasteiger charge is -2.15. The smallest absolute Gasteiger partial charge is 0.235 e. The topological polar surface area (TPSA) is 75.0 Å². The Kier molecular flexibility index (Phi) is 4.73. The van der Waals surface area contributed by atoms with E-state index >= 15 is 0 Å². The summed E-state index contributed by atoms with van der Waals surface area (Å²) in [4.78, 5) is 13.9. The maximum Gasteiger partial charge on any atom is 0.235 e. The van der Waals surface area contributed by atoms with Gasteiger partial charge in [-0.25, -0.2) is 24.0 Å². The number of nitrogens with zero attached hydrogens (tertiary/aromatic N) is 5. The van der Waals surface area contributed by atoms with Gasteiger partial charge in [-0.3, -0.25) is 0 Å². The van der Waals surface area contributed by atoms with Crippen LogP contribution < -0.4 is 4.74 Å². The fraction of sp³-hybridized carbons (Fsp3) is 0.455. The van der Waals surface area contributed by atoms with Crippen LogP contribution in [0.15, 0.2) is 24.4 Å². The zero-order valence-corrected chi connectivity index (χ0v) is 17.3. The molecule has 156 valence electrons. The molecular weight excluding hydrogens is 385 g/mol. The number of rotatable bonds is 6. The first-order valence-electron chi connectivity index (χ1n) is 10.2. The first-order valence-corrected chi connectivity index (χ1v) is 10.2. The van der Waals surface area contributed by atoms with Crippen LogP contribution in [0.2, 0.25) is 0 Å². The predicted octanol–water partition coefficient (Wildman–Crippen LogP) is 3.82. The molecule has 0 spiro atoms. The Morgan fingerprint density at radius 2 is 2.00 bits per heavy atom. The third-order valence-corrected chi connectivity index (χ3v) is 6.01. The number of benzene rings is 1. The molecule has 0 aliphatic heterocycles. The summed E-state index contributed by atoms with van der Waals surface area (Å²) in [6, 6.07) is 5.14. The Morgan fingerprint density at radius 1 is 1.17 bits per heavy atom. The zero-order valence-electron chi connectivity index (χ0n) is 17.3. The summed E-state index contributed by atoms with van der Waals surface area (Å²) in [6.45, 7) is 1.85. The molecule has 1 saturated carbocycles. The van der Waals surface area contributed by atoms with Gasteiger partial charge >= 0.3 is 0 Å². The second kappa shape index (κ2) is 7.43. The minimum Gasteiger partial charge on any atom is -0.480 e. The van der Waals surface area contributed by atoms with E-state index in [9.17, 15) is 4.39 Å². The van der Waals surface area contributed by atoms with Gasteiger partial charge in [0.25, 0.3) is 0 Å². The molecule has 5 rings (SSSR count). The van der Waals surface area contributed by atoms with Crippen LogP contribution in [0.25, 0.3) is 11.5 Å². The van der Waals surface area contributed by atoms with Gasteiger partial charge in [0.1, 0.15) is 23.3 Å². The summed E-state index contributed by atoms with van der Waals surface area (Å²) in [5.41, 5.74) is 3.00. The van der Waals surface area contributed by atoms with E-state index < -0.39 is 0 Å². The Labute approximate surface area is 174 Å². The normalized spacial score (nSPS) is 19.0. The molecule has 0 bridgehead atoms. The first kappa shape index (κ1) is 19.1. The standard InChI is InChI=1S/C22H24FN5O2/c1-12-22(30-3)24-11-17(25-12)21-26-20(19(29-2)13-7-8-13)27-28(21)18-10-9-14-15(18)5-4-6-16(14)23/h4-6,11,13,18-19H,7-10H2,1-3H3. The van der Waals surface area contributed by atoms with Gasteiger partial charge in [0, 0.05) is 7.11 Å². The Bertz CT molecular complexity index is 1100. The van der Waals surface area contributed by atoms with Crippen LogP contribution in [0.5, 0.6) is 5.88 Å². The minimum absolute atomic E-state index is 0.104. The molecule has 1 aromatic carbocycles. The van der Waals surface area contributed by atoms with Gasteiger partial charge in [-0.1, -0.05) is 12.1 Å². The van der Waals surface area contributed by atoms with Gasteiger partial charge in [-0.05, 0) is 55.7 Å². The highest BCUT2D eigenvalue weighted by Crippen LogP contribution is 2.43. The minimum atomic E-state index is -0.162. The van der Waals surface area contributed by atoms with Crippen molar-refractivity contribution in [1.29, 1.82) is 0 Å². The summed E-state index contributed by atoms with van der Waals surface area (Å²) in [6.07, 6.45) is 5.16. The van der Waals surface area contributed by atoms with E-state index in [2.05, 4.69) is 9.97 Å². The van der Waals surface area contributed by atoms with Crippen LogP contribution in [0, 0.1) is 18.7 Å². The molecule has 30 heavy (non-hydrogen) atoms. The lowest BCUT2D eigenvalue weighted by atomic mass is 10.1. The lowest BCUT2D eigenvalue weighted by Crippen LogP contribution is -2.13. The number of ether oxygens (including phenoxy) is 2. The monoisotopic (exact) mass is 409 g/mol. The molecule has 2 heterocycles. The number of methoxy groups -OCH3 is 2. The number of hydrogen-bond acceptors (Lipinski definition) is 6. The maximum absolute atomic E-state index is 14.3. The van der Waals surface area contributed by atoms with E-state index in [0.29, 0.717) is 41.3 Å². The molecule has 2 aliphatic rings. The highest BCUT2D eigenvalue weighted by atomic mass is 19.1. The molecule has 2 aromatic heterocycles. The fourth-order valence-electron chi connectivity index (χ4n) is 4.38. The molecule has 1 fully saturated rings. The van der Waals surface area contributed by atoms with E-state index in [0.717, 1.165) is 30.4 Å². The zero-order chi connectivity index (χ0) is 20.8. The van der Waals surface area contributed by atoms with E-state index in [1.165, 1.54) is 6.07 Å². The van der Waals surface area contributed by atoms with Crippen LogP contribution in [0.3, 0.4) is 0 Å². The van der Waals surface area contributed by atoms with Gasteiger partial charge in [0.2, 0.25) is 5.88 Å². The number of aromatic nitrogens is 5. The maximum atomic E-state index is 14.3. The molecule has 0 radical (unpaired) electrons. The van der Waals surface area contributed by atoms with Crippen LogP contribution in [-0.4, -0.2) is 39.0 Å². The average Bonchev–Trinajstić information content (AvgIpc) is 3.33. The SMILES string of the molecule is COc1ncc(-c2nc(C(OC)C3CC3)nn2C2CCc3c(F)cccc32)nc1C. The van der Waals surface area contributed by atoms with Crippen molar-refractivity contribution in [2.45, 2.75) is 44.8 Å². The third-order valence-electron chi connectivity index (χ3n) is 6.01. The lowest BCUT2D eigenvalue weighted by molar-refractivity contribution is 0.0769. The quantitative estimate of drug-likeness (QED) is 0.616. The van der Waals surface area contributed by atoms with Crippen molar-refractivity contribution < 1.29 is 13.9 Å². The van der Waals surface area contributed by atoms with Crippen molar-refractivity contribution in [2.75, 3.05) is 14.2 Å². The fourth-order valence-corrected chi connectivity index (χ4v) is 4.38. The molecular formula is C22H24FN5O2. The summed E-state index contributed by atoms with van der Waals surface area (Å²) < 4.78 is 27.2. The highest BCUT2D eigenvalue weighted by Gasteiger charge is 2.37. The van der Waals surface area contributed by atoms with Crippen LogP contribution >= 0.6 is 0 Å². The Morgan fingerprint density at radius 3 is 2.70 bits per heavy atom. The summed E-state index contributed by atoms with van der Waals surface area (Å²) >= 11 is 0. The number of hydrogen-bond donors (Lipinski definition) is 0. The van der Waals surface area contributed by atoms with Gasteiger partial charge in [-0.15, -0.1) is 0 Å². The van der Waals surface area contributed by atoms with Gasteiger partial charge < -0.3 is 9.47 Å².